The van der Waals surface area contributed by atoms with E-state index in [9.17, 15) is 8.78 Å². The fourth-order valence-corrected chi connectivity index (χ4v) is 4.91. The Hall–Kier alpha value is -2.16. The molecule has 0 spiro atoms. The molecule has 0 unspecified atom stereocenters. The third-order valence-corrected chi connectivity index (χ3v) is 7.14. The molecule has 1 nitrogen and oxygen atoms in total. The van der Waals surface area contributed by atoms with Crippen molar-refractivity contribution >= 4 is 0 Å². The lowest BCUT2D eigenvalue weighted by atomic mass is 9.78. The number of benzene rings is 2. The van der Waals surface area contributed by atoms with Crippen LogP contribution in [0.25, 0.3) is 0 Å². The normalized spacial score (nSPS) is 18.5. The van der Waals surface area contributed by atoms with Gasteiger partial charge in [-0.05, 0) is 92.4 Å². The summed E-state index contributed by atoms with van der Waals surface area (Å²) in [5.74, 6) is -0.868. The van der Waals surface area contributed by atoms with Gasteiger partial charge in [0.1, 0.15) is 0 Å². The Kier molecular flexibility index (Phi) is 11.1. The largest absolute Gasteiger partial charge is 0.490 e. The number of hydrogen-bond acceptors (Lipinski definition) is 1. The molecule has 2 aromatic rings. The van der Waals surface area contributed by atoms with Gasteiger partial charge in [0, 0.05) is 0 Å². The lowest BCUT2D eigenvalue weighted by molar-refractivity contribution is 0.286. The molecule has 186 valence electrons. The highest BCUT2D eigenvalue weighted by molar-refractivity contribution is 5.33. The Labute approximate surface area is 205 Å². The summed E-state index contributed by atoms with van der Waals surface area (Å²) in [6.45, 7) is 4.71. The van der Waals surface area contributed by atoms with E-state index in [2.05, 4.69) is 43.3 Å². The molecule has 1 aliphatic carbocycles. The zero-order valence-corrected chi connectivity index (χ0v) is 21.1. The average molecular weight is 469 g/mol. The summed E-state index contributed by atoms with van der Waals surface area (Å²) in [6.07, 6.45) is 17.5. The summed E-state index contributed by atoms with van der Waals surface area (Å²) in [6, 6.07) is 12.4. The molecular weight excluding hydrogens is 426 g/mol. The Morgan fingerprint density at radius 1 is 0.794 bits per heavy atom. The lowest BCUT2D eigenvalue weighted by Gasteiger charge is -2.27. The van der Waals surface area contributed by atoms with E-state index in [1.165, 1.54) is 36.8 Å². The van der Waals surface area contributed by atoms with Crippen molar-refractivity contribution in [1.82, 2.24) is 0 Å². The third-order valence-electron chi connectivity index (χ3n) is 7.14. The Bertz CT molecular complexity index is 879. The number of allylic oxidation sites excluding steroid dienone is 2. The van der Waals surface area contributed by atoms with E-state index in [-0.39, 0.29) is 11.7 Å². The fraction of sp³-hybridized carbons (Fsp3) is 0.548. The van der Waals surface area contributed by atoms with E-state index >= 15 is 0 Å². The van der Waals surface area contributed by atoms with Crippen molar-refractivity contribution in [3.63, 3.8) is 0 Å². The lowest BCUT2D eigenvalue weighted by Crippen LogP contribution is -2.14. The average Bonchev–Trinajstić information content (AvgIpc) is 2.86. The summed E-state index contributed by atoms with van der Waals surface area (Å²) >= 11 is 0. The van der Waals surface area contributed by atoms with Gasteiger partial charge in [0.15, 0.2) is 11.6 Å². The molecule has 1 aliphatic rings. The summed E-state index contributed by atoms with van der Waals surface area (Å²) in [5, 5.41) is 0. The summed E-state index contributed by atoms with van der Waals surface area (Å²) in [4.78, 5) is 0. The van der Waals surface area contributed by atoms with Crippen molar-refractivity contribution < 1.29 is 13.5 Å². The molecule has 0 N–H and O–H groups in total. The summed E-state index contributed by atoms with van der Waals surface area (Å²) in [5.41, 5.74) is 3.35. The van der Waals surface area contributed by atoms with Gasteiger partial charge in [-0.15, -0.1) is 0 Å². The van der Waals surface area contributed by atoms with E-state index in [0.29, 0.717) is 18.1 Å². The van der Waals surface area contributed by atoms with E-state index in [1.54, 1.807) is 12.1 Å². The highest BCUT2D eigenvalue weighted by Crippen LogP contribution is 2.39. The van der Waals surface area contributed by atoms with Gasteiger partial charge in [-0.25, -0.2) is 4.39 Å². The molecule has 2 aromatic carbocycles. The minimum atomic E-state index is -0.829. The SMILES string of the molecule is CCCCCc1ccc(CCC=CC2CCC(c3ccc(OCCCC)c(F)c3F)CC2)cc1. The van der Waals surface area contributed by atoms with Crippen molar-refractivity contribution in [3.8, 4) is 5.75 Å². The van der Waals surface area contributed by atoms with Crippen molar-refractivity contribution in [2.24, 2.45) is 5.92 Å². The van der Waals surface area contributed by atoms with Gasteiger partial charge in [0.05, 0.1) is 6.61 Å². The van der Waals surface area contributed by atoms with Crippen LogP contribution in [0, 0.1) is 17.6 Å². The molecule has 0 aromatic heterocycles. The van der Waals surface area contributed by atoms with E-state index in [0.717, 1.165) is 51.4 Å². The predicted molar refractivity (Wildman–Crippen MR) is 139 cm³/mol. The zero-order chi connectivity index (χ0) is 24.2. The highest BCUT2D eigenvalue weighted by atomic mass is 19.2. The zero-order valence-electron chi connectivity index (χ0n) is 21.1. The molecule has 3 heteroatoms. The first kappa shape index (κ1) is 26.4. The maximum atomic E-state index is 14.7. The first-order valence-electron chi connectivity index (χ1n) is 13.5. The van der Waals surface area contributed by atoms with Crippen LogP contribution < -0.4 is 4.74 Å². The molecule has 0 aliphatic heterocycles. The quantitative estimate of drug-likeness (QED) is 0.210. The second kappa shape index (κ2) is 14.3. The number of halogens is 2. The maximum Gasteiger partial charge on any atom is 0.200 e. The minimum Gasteiger partial charge on any atom is -0.490 e. The van der Waals surface area contributed by atoms with E-state index in [4.69, 9.17) is 4.74 Å². The summed E-state index contributed by atoms with van der Waals surface area (Å²) in [7, 11) is 0. The number of aryl methyl sites for hydroxylation is 2. The summed E-state index contributed by atoms with van der Waals surface area (Å²) < 4.78 is 34.5. The molecule has 0 atom stereocenters. The maximum absolute atomic E-state index is 14.7. The molecule has 0 heterocycles. The van der Waals surface area contributed by atoms with Crippen LogP contribution in [0.5, 0.6) is 5.75 Å². The molecule has 0 saturated heterocycles. The third kappa shape index (κ3) is 7.96. The second-order valence-electron chi connectivity index (χ2n) is 9.84. The fourth-order valence-electron chi connectivity index (χ4n) is 4.91. The Balaban J connectivity index is 1.41. The van der Waals surface area contributed by atoms with Crippen LogP contribution in [0.3, 0.4) is 0 Å². The van der Waals surface area contributed by atoms with Crippen LogP contribution in [0.15, 0.2) is 48.6 Å². The van der Waals surface area contributed by atoms with Gasteiger partial charge in [-0.2, -0.15) is 4.39 Å². The van der Waals surface area contributed by atoms with Crippen molar-refractivity contribution in [2.75, 3.05) is 6.61 Å². The standard InChI is InChI=1S/C31H42F2O/c1-3-5-7-10-24-13-15-25(16-14-24)11-8-9-12-26-17-19-27(20-18-26)28-21-22-29(31(33)30(28)32)34-23-6-4-2/h9,12-16,21-22,26-27H,3-8,10-11,17-20,23H2,1-2H3. The van der Waals surface area contributed by atoms with Crippen LogP contribution >= 0.6 is 0 Å². The van der Waals surface area contributed by atoms with Gasteiger partial charge < -0.3 is 4.74 Å². The number of ether oxygens (including phenoxy) is 1. The van der Waals surface area contributed by atoms with Gasteiger partial charge >= 0.3 is 0 Å². The molecule has 34 heavy (non-hydrogen) atoms. The smallest absolute Gasteiger partial charge is 0.200 e. The molecule has 0 amide bonds. The molecule has 1 saturated carbocycles. The molecule has 0 radical (unpaired) electrons. The molecule has 3 rings (SSSR count). The van der Waals surface area contributed by atoms with Crippen LogP contribution in [-0.4, -0.2) is 6.61 Å². The number of rotatable bonds is 13. The first-order chi connectivity index (χ1) is 16.6. The van der Waals surface area contributed by atoms with Gasteiger partial charge in [-0.1, -0.05) is 75.6 Å². The minimum absolute atomic E-state index is 0.0393. The van der Waals surface area contributed by atoms with E-state index in [1.807, 2.05) is 6.92 Å². The number of unbranched alkanes of at least 4 members (excludes halogenated alkanes) is 3. The Morgan fingerprint density at radius 3 is 2.15 bits per heavy atom. The predicted octanol–water partition coefficient (Wildman–Crippen LogP) is 9.34. The molecular formula is C31H42F2O. The van der Waals surface area contributed by atoms with Crippen molar-refractivity contribution in [1.29, 1.82) is 0 Å². The first-order valence-corrected chi connectivity index (χ1v) is 13.5. The van der Waals surface area contributed by atoms with Crippen molar-refractivity contribution in [3.05, 3.63) is 76.9 Å². The van der Waals surface area contributed by atoms with Crippen LogP contribution in [0.1, 0.15) is 101 Å². The van der Waals surface area contributed by atoms with Gasteiger partial charge in [0.25, 0.3) is 0 Å². The number of hydrogen-bond donors (Lipinski definition) is 0. The van der Waals surface area contributed by atoms with E-state index < -0.39 is 11.6 Å². The second-order valence-corrected chi connectivity index (χ2v) is 9.84. The van der Waals surface area contributed by atoms with Crippen LogP contribution in [-0.2, 0) is 12.8 Å². The Morgan fingerprint density at radius 2 is 1.47 bits per heavy atom. The van der Waals surface area contributed by atoms with Crippen LogP contribution in [0.4, 0.5) is 8.78 Å². The van der Waals surface area contributed by atoms with Crippen molar-refractivity contribution in [2.45, 2.75) is 96.8 Å². The topological polar surface area (TPSA) is 9.23 Å². The van der Waals surface area contributed by atoms with Crippen LogP contribution in [0.2, 0.25) is 0 Å². The molecule has 1 fully saturated rings. The van der Waals surface area contributed by atoms with Gasteiger partial charge in [-0.3, -0.25) is 0 Å². The molecule has 0 bridgehead atoms. The highest BCUT2D eigenvalue weighted by Gasteiger charge is 2.25. The van der Waals surface area contributed by atoms with Gasteiger partial charge in [0.2, 0.25) is 5.82 Å². The monoisotopic (exact) mass is 468 g/mol.